The van der Waals surface area contributed by atoms with Crippen LogP contribution in [0.5, 0.6) is 11.5 Å². The highest BCUT2D eigenvalue weighted by atomic mass is 35.5. The van der Waals surface area contributed by atoms with E-state index >= 15 is 0 Å². The molecular formula is C19H16ClN3O3S2. The van der Waals surface area contributed by atoms with E-state index in [1.54, 1.807) is 12.1 Å². The number of benzene rings is 2. The number of carbonyl (C=O) groups is 1. The molecule has 0 bridgehead atoms. The molecule has 0 fully saturated rings. The summed E-state index contributed by atoms with van der Waals surface area (Å²) < 4.78 is 5.77. The number of nitrogens with one attached hydrogen (secondary N) is 1. The minimum atomic E-state index is -0.248. The fourth-order valence-electron chi connectivity index (χ4n) is 2.20. The molecular weight excluding hydrogens is 418 g/mol. The van der Waals surface area contributed by atoms with Crippen molar-refractivity contribution in [3.63, 3.8) is 0 Å². The molecule has 0 atom stereocenters. The Hall–Kier alpha value is -2.55. The van der Waals surface area contributed by atoms with Crippen LogP contribution in [0.2, 0.25) is 5.02 Å². The van der Waals surface area contributed by atoms with Crippen LogP contribution >= 0.6 is 34.7 Å². The topological polar surface area (TPSA) is 83.8 Å². The summed E-state index contributed by atoms with van der Waals surface area (Å²) in [7, 11) is 1.47. The molecule has 0 aliphatic heterocycles. The van der Waals surface area contributed by atoms with E-state index in [2.05, 4.69) is 15.5 Å². The second-order valence-corrected chi connectivity index (χ2v) is 8.04. The van der Waals surface area contributed by atoms with Crippen LogP contribution < -0.4 is 10.2 Å². The Kier molecular flexibility index (Phi) is 6.91. The van der Waals surface area contributed by atoms with Crippen LogP contribution in [0.4, 0.5) is 0 Å². The SMILES string of the molecule is COc1ccc(/C=N/NC(=O)CSc2nc(-c3ccc(Cl)cc3)cs2)cc1O. The van der Waals surface area contributed by atoms with E-state index < -0.39 is 0 Å². The molecule has 144 valence electrons. The number of phenols is 1. The summed E-state index contributed by atoms with van der Waals surface area (Å²) in [5, 5.41) is 16.2. The van der Waals surface area contributed by atoms with Crippen LogP contribution in [-0.2, 0) is 4.79 Å². The van der Waals surface area contributed by atoms with Crippen molar-refractivity contribution in [1.29, 1.82) is 0 Å². The van der Waals surface area contributed by atoms with E-state index in [-0.39, 0.29) is 17.4 Å². The molecule has 3 rings (SSSR count). The number of hydrazone groups is 1. The standard InChI is InChI=1S/C19H16ClN3O3S2/c1-26-17-7-2-12(8-16(17)24)9-21-23-18(25)11-28-19-22-15(10-27-19)13-3-5-14(20)6-4-13/h2-10,24H,11H2,1H3,(H,23,25)/b21-9+. The number of nitrogens with zero attached hydrogens (tertiary/aromatic N) is 2. The zero-order valence-corrected chi connectivity index (χ0v) is 17.1. The Morgan fingerprint density at radius 1 is 1.36 bits per heavy atom. The number of methoxy groups -OCH3 is 1. The van der Waals surface area contributed by atoms with Crippen molar-refractivity contribution >= 4 is 46.8 Å². The van der Waals surface area contributed by atoms with Crippen molar-refractivity contribution in [3.8, 4) is 22.8 Å². The minimum Gasteiger partial charge on any atom is -0.504 e. The van der Waals surface area contributed by atoms with Crippen LogP contribution in [0.3, 0.4) is 0 Å². The van der Waals surface area contributed by atoms with Crippen molar-refractivity contribution < 1.29 is 14.6 Å². The van der Waals surface area contributed by atoms with Crippen molar-refractivity contribution in [3.05, 3.63) is 58.4 Å². The Labute approximate surface area is 175 Å². The lowest BCUT2D eigenvalue weighted by molar-refractivity contribution is -0.118. The normalized spacial score (nSPS) is 10.9. The maximum absolute atomic E-state index is 11.9. The average Bonchev–Trinajstić information content (AvgIpc) is 3.16. The Morgan fingerprint density at radius 3 is 2.86 bits per heavy atom. The van der Waals surface area contributed by atoms with E-state index in [4.69, 9.17) is 16.3 Å². The Bertz CT molecular complexity index is 990. The first-order valence-corrected chi connectivity index (χ1v) is 10.3. The van der Waals surface area contributed by atoms with Gasteiger partial charge in [0.2, 0.25) is 0 Å². The number of phenolic OH excluding ortho intramolecular Hbond substituents is 1. The molecule has 1 heterocycles. The summed E-state index contributed by atoms with van der Waals surface area (Å²) >= 11 is 8.71. The molecule has 28 heavy (non-hydrogen) atoms. The first kappa shape index (κ1) is 20.2. The van der Waals surface area contributed by atoms with Crippen LogP contribution in [0.15, 0.2) is 57.3 Å². The summed E-state index contributed by atoms with van der Waals surface area (Å²) in [4.78, 5) is 16.5. The van der Waals surface area contributed by atoms with E-state index in [0.717, 1.165) is 15.6 Å². The van der Waals surface area contributed by atoms with Gasteiger partial charge in [-0.05, 0) is 35.9 Å². The highest BCUT2D eigenvalue weighted by Crippen LogP contribution is 2.29. The Morgan fingerprint density at radius 2 is 2.14 bits per heavy atom. The van der Waals surface area contributed by atoms with Crippen LogP contribution in [0.25, 0.3) is 11.3 Å². The summed E-state index contributed by atoms with van der Waals surface area (Å²) in [6.45, 7) is 0. The molecule has 9 heteroatoms. The van der Waals surface area contributed by atoms with Gasteiger partial charge in [-0.1, -0.05) is 35.5 Å². The lowest BCUT2D eigenvalue weighted by Crippen LogP contribution is -2.19. The van der Waals surface area contributed by atoms with Gasteiger partial charge in [0.15, 0.2) is 15.8 Å². The number of hydrogen-bond donors (Lipinski definition) is 2. The number of thioether (sulfide) groups is 1. The number of aromatic hydroxyl groups is 1. The minimum absolute atomic E-state index is 0.00796. The molecule has 6 nitrogen and oxygen atoms in total. The smallest absolute Gasteiger partial charge is 0.250 e. The average molecular weight is 434 g/mol. The van der Waals surface area contributed by atoms with E-state index in [1.165, 1.54) is 42.5 Å². The summed E-state index contributed by atoms with van der Waals surface area (Å²) in [6.07, 6.45) is 1.45. The number of carbonyl (C=O) groups excluding carboxylic acids is 1. The molecule has 0 spiro atoms. The molecule has 0 radical (unpaired) electrons. The molecule has 1 aromatic heterocycles. The summed E-state index contributed by atoms with van der Waals surface area (Å²) in [6, 6.07) is 12.3. The molecule has 3 aromatic rings. The second-order valence-electron chi connectivity index (χ2n) is 5.52. The number of aromatic nitrogens is 1. The van der Waals surface area contributed by atoms with Gasteiger partial charge in [-0.15, -0.1) is 11.3 Å². The first-order valence-electron chi connectivity index (χ1n) is 8.08. The zero-order chi connectivity index (χ0) is 19.9. The largest absolute Gasteiger partial charge is 0.504 e. The lowest BCUT2D eigenvalue weighted by atomic mass is 10.2. The molecule has 0 unspecified atom stereocenters. The third-order valence-electron chi connectivity index (χ3n) is 3.56. The van der Waals surface area contributed by atoms with E-state index in [1.807, 2.05) is 29.6 Å². The number of halogens is 1. The van der Waals surface area contributed by atoms with Gasteiger partial charge >= 0.3 is 0 Å². The predicted octanol–water partition coefficient (Wildman–Crippen LogP) is 4.42. The number of amides is 1. The van der Waals surface area contributed by atoms with E-state index in [9.17, 15) is 9.90 Å². The van der Waals surface area contributed by atoms with Crippen molar-refractivity contribution in [2.45, 2.75) is 4.34 Å². The number of rotatable bonds is 7. The Balaban J connectivity index is 1.49. The van der Waals surface area contributed by atoms with Crippen molar-refractivity contribution in [1.82, 2.24) is 10.4 Å². The van der Waals surface area contributed by atoms with Gasteiger partial charge in [-0.3, -0.25) is 4.79 Å². The highest BCUT2D eigenvalue weighted by Gasteiger charge is 2.08. The molecule has 0 aliphatic rings. The molecule has 2 aromatic carbocycles. The van der Waals surface area contributed by atoms with Gasteiger partial charge in [-0.2, -0.15) is 5.10 Å². The molecule has 0 saturated heterocycles. The number of ether oxygens (including phenoxy) is 1. The predicted molar refractivity (Wildman–Crippen MR) is 114 cm³/mol. The maximum Gasteiger partial charge on any atom is 0.250 e. The van der Waals surface area contributed by atoms with Crippen molar-refractivity contribution in [2.24, 2.45) is 5.10 Å². The molecule has 0 aliphatic carbocycles. The fraction of sp³-hybridized carbons (Fsp3) is 0.105. The van der Waals surface area contributed by atoms with Crippen LogP contribution in [-0.4, -0.2) is 35.1 Å². The quantitative estimate of drug-likeness (QED) is 0.327. The summed E-state index contributed by atoms with van der Waals surface area (Å²) in [5.41, 5.74) is 4.92. The fourth-order valence-corrected chi connectivity index (χ4v) is 3.96. The monoisotopic (exact) mass is 433 g/mol. The van der Waals surface area contributed by atoms with E-state index in [0.29, 0.717) is 16.3 Å². The maximum atomic E-state index is 11.9. The highest BCUT2D eigenvalue weighted by molar-refractivity contribution is 8.01. The molecule has 2 N–H and O–H groups in total. The second kappa shape index (κ2) is 9.59. The third-order valence-corrected chi connectivity index (χ3v) is 5.83. The van der Waals surface area contributed by atoms with Gasteiger partial charge < -0.3 is 9.84 Å². The van der Waals surface area contributed by atoms with Crippen LogP contribution in [0.1, 0.15) is 5.56 Å². The van der Waals surface area contributed by atoms with Gasteiger partial charge in [0.25, 0.3) is 5.91 Å². The van der Waals surface area contributed by atoms with Gasteiger partial charge in [0.05, 0.1) is 24.8 Å². The van der Waals surface area contributed by atoms with Gasteiger partial charge in [0, 0.05) is 16.0 Å². The van der Waals surface area contributed by atoms with Gasteiger partial charge in [0.1, 0.15) is 0 Å². The molecule has 1 amide bonds. The molecule has 0 saturated carbocycles. The van der Waals surface area contributed by atoms with Gasteiger partial charge in [-0.25, -0.2) is 10.4 Å². The zero-order valence-electron chi connectivity index (χ0n) is 14.8. The number of hydrogen-bond acceptors (Lipinski definition) is 7. The number of thiazole rings is 1. The first-order chi connectivity index (χ1) is 13.5. The van der Waals surface area contributed by atoms with Crippen molar-refractivity contribution in [2.75, 3.05) is 12.9 Å². The van der Waals surface area contributed by atoms with Crippen LogP contribution in [0, 0.1) is 0 Å². The summed E-state index contributed by atoms with van der Waals surface area (Å²) in [5.74, 6) is 0.327. The lowest BCUT2D eigenvalue weighted by Gasteiger charge is -2.03. The third kappa shape index (κ3) is 5.48.